The van der Waals surface area contributed by atoms with Gasteiger partial charge in [0.1, 0.15) is 0 Å². The number of rotatable bonds is 8. The molecule has 0 amide bonds. The highest BCUT2D eigenvalue weighted by Crippen LogP contribution is 2.51. The fourth-order valence-electron chi connectivity index (χ4n) is 8.04. The molecule has 0 radical (unpaired) electrons. The molecule has 0 saturated heterocycles. The molecule has 0 aliphatic carbocycles. The molecule has 1 aromatic heterocycles. The lowest BCUT2D eigenvalue weighted by Crippen LogP contribution is -2.13. The van der Waals surface area contributed by atoms with Crippen molar-refractivity contribution in [2.75, 3.05) is 4.90 Å². The monoisotopic (exact) mass is 731 g/mol. The zero-order valence-corrected chi connectivity index (χ0v) is 31.5. The summed E-state index contributed by atoms with van der Waals surface area (Å²) in [5.74, 6) is 0. The van der Waals surface area contributed by atoms with E-state index in [1.165, 1.54) is 75.8 Å². The van der Waals surface area contributed by atoms with E-state index in [2.05, 4.69) is 229 Å². The molecule has 0 aliphatic heterocycles. The lowest BCUT2D eigenvalue weighted by atomic mass is 9.90. The zero-order valence-electron chi connectivity index (χ0n) is 30.7. The van der Waals surface area contributed by atoms with Crippen molar-refractivity contribution in [3.8, 4) is 55.6 Å². The first-order valence-corrected chi connectivity index (χ1v) is 19.9. The second kappa shape index (κ2) is 14.7. The van der Waals surface area contributed by atoms with Crippen LogP contribution in [0.3, 0.4) is 0 Å². The highest BCUT2D eigenvalue weighted by Gasteiger charge is 2.24. The van der Waals surface area contributed by atoms with Crippen LogP contribution in [0.4, 0.5) is 17.1 Å². The normalized spacial score (nSPS) is 11.2. The summed E-state index contributed by atoms with van der Waals surface area (Å²) >= 11 is 1.88. The average molecular weight is 732 g/mol. The van der Waals surface area contributed by atoms with Crippen molar-refractivity contribution in [1.82, 2.24) is 0 Å². The molecule has 1 heterocycles. The lowest BCUT2D eigenvalue weighted by molar-refractivity contribution is 1.28. The second-order valence-corrected chi connectivity index (χ2v) is 15.1. The van der Waals surface area contributed by atoms with Crippen LogP contribution in [0.25, 0.3) is 75.8 Å². The van der Waals surface area contributed by atoms with Gasteiger partial charge in [0.25, 0.3) is 0 Å². The lowest BCUT2D eigenvalue weighted by Gasteiger charge is -2.31. The molecule has 10 aromatic rings. The first kappa shape index (κ1) is 33.6. The second-order valence-electron chi connectivity index (χ2n) is 14.1. The number of hydrogen-bond acceptors (Lipinski definition) is 2. The number of nitrogens with zero attached hydrogens (tertiary/aromatic N) is 1. The van der Waals surface area contributed by atoms with E-state index in [1.54, 1.807) is 0 Å². The van der Waals surface area contributed by atoms with E-state index in [4.69, 9.17) is 0 Å². The molecule has 0 fully saturated rings. The molecule has 0 saturated carbocycles. The van der Waals surface area contributed by atoms with E-state index in [1.807, 2.05) is 11.3 Å². The molecule has 9 aromatic carbocycles. The predicted octanol–water partition coefficient (Wildman–Crippen LogP) is 15.9. The molecule has 1 nitrogen and oxygen atoms in total. The SMILES string of the molecule is c1ccc(-c2ccc(-c3ccc(N(c4ccccc4-c4ccccc4)c4cccc(-c5ccccc5)c4-c4cccc5c4sc4ccccc45)cc3)cc2)cc1. The summed E-state index contributed by atoms with van der Waals surface area (Å²) in [5.41, 5.74) is 15.3. The summed E-state index contributed by atoms with van der Waals surface area (Å²) in [4.78, 5) is 2.47. The Labute approximate surface area is 332 Å². The van der Waals surface area contributed by atoms with Gasteiger partial charge in [-0.25, -0.2) is 0 Å². The number of anilines is 3. The first-order valence-electron chi connectivity index (χ1n) is 19.1. The number of hydrogen-bond donors (Lipinski definition) is 0. The van der Waals surface area contributed by atoms with Gasteiger partial charge in [0.2, 0.25) is 0 Å². The van der Waals surface area contributed by atoms with Crippen molar-refractivity contribution in [2.45, 2.75) is 0 Å². The van der Waals surface area contributed by atoms with Gasteiger partial charge in [-0.15, -0.1) is 11.3 Å². The Kier molecular flexibility index (Phi) is 8.79. The van der Waals surface area contributed by atoms with Gasteiger partial charge in [0.15, 0.2) is 0 Å². The van der Waals surface area contributed by atoms with Gasteiger partial charge >= 0.3 is 0 Å². The third-order valence-electron chi connectivity index (χ3n) is 10.7. The molecule has 56 heavy (non-hydrogen) atoms. The van der Waals surface area contributed by atoms with Gasteiger partial charge in [0, 0.05) is 42.6 Å². The Balaban J connectivity index is 1.20. The maximum absolute atomic E-state index is 2.47. The van der Waals surface area contributed by atoms with Crippen molar-refractivity contribution in [1.29, 1.82) is 0 Å². The molecular formula is C54H37NS. The fraction of sp³-hybridized carbons (Fsp3) is 0. The van der Waals surface area contributed by atoms with E-state index in [9.17, 15) is 0 Å². The Morgan fingerprint density at radius 2 is 0.732 bits per heavy atom. The Morgan fingerprint density at radius 3 is 1.41 bits per heavy atom. The van der Waals surface area contributed by atoms with Gasteiger partial charge in [-0.1, -0.05) is 194 Å². The Morgan fingerprint density at radius 1 is 0.286 bits per heavy atom. The number of para-hydroxylation sites is 1. The molecule has 264 valence electrons. The van der Waals surface area contributed by atoms with E-state index in [0.717, 1.165) is 17.1 Å². The summed E-state index contributed by atoms with van der Waals surface area (Å²) in [6.45, 7) is 0. The van der Waals surface area contributed by atoms with E-state index in [0.29, 0.717) is 0 Å². The summed E-state index contributed by atoms with van der Waals surface area (Å²) in [6.07, 6.45) is 0. The third kappa shape index (κ3) is 6.17. The maximum atomic E-state index is 2.47. The van der Waals surface area contributed by atoms with E-state index < -0.39 is 0 Å². The molecule has 0 N–H and O–H groups in total. The predicted molar refractivity (Wildman–Crippen MR) is 241 cm³/mol. The highest BCUT2D eigenvalue weighted by atomic mass is 32.1. The van der Waals surface area contributed by atoms with Gasteiger partial charge in [-0.2, -0.15) is 0 Å². The number of benzene rings is 9. The van der Waals surface area contributed by atoms with Gasteiger partial charge in [0.05, 0.1) is 11.4 Å². The van der Waals surface area contributed by atoms with Crippen LogP contribution in [0.2, 0.25) is 0 Å². The summed E-state index contributed by atoms with van der Waals surface area (Å²) < 4.78 is 2.59. The van der Waals surface area contributed by atoms with Crippen molar-refractivity contribution in [3.05, 3.63) is 224 Å². The zero-order chi connectivity index (χ0) is 37.3. The number of thiophene rings is 1. The third-order valence-corrected chi connectivity index (χ3v) is 11.9. The topological polar surface area (TPSA) is 3.24 Å². The van der Waals surface area contributed by atoms with Crippen LogP contribution in [-0.2, 0) is 0 Å². The van der Waals surface area contributed by atoms with Gasteiger partial charge < -0.3 is 4.90 Å². The van der Waals surface area contributed by atoms with Crippen molar-refractivity contribution >= 4 is 48.6 Å². The molecule has 0 atom stereocenters. The molecule has 0 bridgehead atoms. The highest BCUT2D eigenvalue weighted by molar-refractivity contribution is 7.26. The quantitative estimate of drug-likeness (QED) is 0.150. The summed E-state index contributed by atoms with van der Waals surface area (Å²) in [7, 11) is 0. The van der Waals surface area contributed by atoms with Crippen LogP contribution in [0.5, 0.6) is 0 Å². The smallest absolute Gasteiger partial charge is 0.0547 e. The summed E-state index contributed by atoms with van der Waals surface area (Å²) in [5, 5.41) is 2.59. The Bertz CT molecular complexity index is 2930. The molecule has 10 rings (SSSR count). The van der Waals surface area contributed by atoms with Crippen LogP contribution < -0.4 is 4.90 Å². The Hall–Kier alpha value is -7.00. The van der Waals surface area contributed by atoms with Crippen LogP contribution in [0, 0.1) is 0 Å². The number of fused-ring (bicyclic) bond motifs is 3. The van der Waals surface area contributed by atoms with E-state index in [-0.39, 0.29) is 0 Å². The molecule has 0 spiro atoms. The van der Waals surface area contributed by atoms with Crippen molar-refractivity contribution < 1.29 is 0 Å². The fourth-order valence-corrected chi connectivity index (χ4v) is 9.26. The maximum Gasteiger partial charge on any atom is 0.0547 e. The minimum atomic E-state index is 1.09. The summed E-state index contributed by atoms with van der Waals surface area (Å²) in [6, 6.07) is 81.3. The van der Waals surface area contributed by atoms with Crippen molar-refractivity contribution in [2.24, 2.45) is 0 Å². The van der Waals surface area contributed by atoms with Crippen LogP contribution in [0.15, 0.2) is 224 Å². The van der Waals surface area contributed by atoms with Crippen LogP contribution in [-0.4, -0.2) is 0 Å². The van der Waals surface area contributed by atoms with Crippen LogP contribution in [0.1, 0.15) is 0 Å². The molecule has 0 aliphatic rings. The molecular weight excluding hydrogens is 695 g/mol. The minimum Gasteiger partial charge on any atom is -0.309 e. The minimum absolute atomic E-state index is 1.09. The van der Waals surface area contributed by atoms with Gasteiger partial charge in [-0.3, -0.25) is 0 Å². The standard InChI is InChI=1S/C54H37NS/c1-4-16-38(17-5-1)39-30-32-40(33-31-39)41-34-36-44(37-35-41)55(50-27-12-10-22-45(50)42-18-6-2-7-19-42)51-28-15-24-46(43-20-8-3-9-21-43)53(51)49-26-14-25-48-47-23-11-13-29-52(47)56-54(48)49/h1-37H. The molecule has 0 unspecified atom stereocenters. The molecule has 2 heteroatoms. The van der Waals surface area contributed by atoms with E-state index >= 15 is 0 Å². The largest absolute Gasteiger partial charge is 0.309 e. The average Bonchev–Trinajstić information content (AvgIpc) is 3.67. The van der Waals surface area contributed by atoms with Crippen LogP contribution >= 0.6 is 11.3 Å². The van der Waals surface area contributed by atoms with Gasteiger partial charge in [-0.05, 0) is 69.3 Å². The van der Waals surface area contributed by atoms with Crippen molar-refractivity contribution in [3.63, 3.8) is 0 Å². The first-order chi connectivity index (χ1) is 27.8.